The Kier molecular flexibility index (Phi) is 6.34. The lowest BCUT2D eigenvalue weighted by molar-refractivity contribution is 0.379. The van der Waals surface area contributed by atoms with E-state index in [9.17, 15) is 8.42 Å². The summed E-state index contributed by atoms with van der Waals surface area (Å²) in [6, 6.07) is 0.198. The fourth-order valence-electron chi connectivity index (χ4n) is 3.86. The lowest BCUT2D eigenvalue weighted by Gasteiger charge is -2.28. The van der Waals surface area contributed by atoms with Crippen LogP contribution in [0.3, 0.4) is 0 Å². The van der Waals surface area contributed by atoms with Gasteiger partial charge in [-0.1, -0.05) is 39.0 Å². The second-order valence-corrected chi connectivity index (χ2v) is 9.02. The van der Waals surface area contributed by atoms with Crippen LogP contribution in [0.4, 0.5) is 0 Å². The largest absolute Gasteiger partial charge is 0.313 e. The monoisotopic (exact) mass is 301 g/mol. The summed E-state index contributed by atoms with van der Waals surface area (Å²) in [6.45, 7) is 3.09. The molecule has 4 heteroatoms. The summed E-state index contributed by atoms with van der Waals surface area (Å²) in [5.74, 6) is 0.961. The van der Waals surface area contributed by atoms with Gasteiger partial charge in [-0.05, 0) is 44.6 Å². The van der Waals surface area contributed by atoms with Gasteiger partial charge in [0, 0.05) is 6.04 Å². The van der Waals surface area contributed by atoms with Gasteiger partial charge in [0.05, 0.1) is 11.0 Å². The van der Waals surface area contributed by atoms with Crippen molar-refractivity contribution < 1.29 is 8.42 Å². The molecular weight excluding hydrogens is 270 g/mol. The van der Waals surface area contributed by atoms with Crippen LogP contribution in [0.1, 0.15) is 71.1 Å². The van der Waals surface area contributed by atoms with E-state index in [0.717, 1.165) is 38.6 Å². The minimum atomic E-state index is -2.91. The molecule has 3 nitrogen and oxygen atoms in total. The highest BCUT2D eigenvalue weighted by Gasteiger charge is 2.33. The van der Waals surface area contributed by atoms with Crippen LogP contribution in [-0.4, -0.2) is 32.0 Å². The molecule has 0 saturated heterocycles. The topological polar surface area (TPSA) is 46.2 Å². The van der Waals surface area contributed by atoms with Gasteiger partial charge in [-0.25, -0.2) is 8.42 Å². The molecule has 20 heavy (non-hydrogen) atoms. The zero-order valence-corrected chi connectivity index (χ0v) is 13.8. The van der Waals surface area contributed by atoms with Crippen molar-refractivity contribution in [1.82, 2.24) is 5.32 Å². The zero-order chi connectivity index (χ0) is 14.4. The summed E-state index contributed by atoms with van der Waals surface area (Å²) in [5.41, 5.74) is 0. The third-order valence-corrected chi connectivity index (χ3v) is 7.41. The van der Waals surface area contributed by atoms with Crippen molar-refractivity contribution in [2.45, 2.75) is 82.4 Å². The molecule has 0 aromatic rings. The molecule has 0 spiro atoms. The Morgan fingerprint density at radius 2 is 1.60 bits per heavy atom. The maximum Gasteiger partial charge on any atom is 0.154 e. The lowest BCUT2D eigenvalue weighted by atomic mass is 9.99. The highest BCUT2D eigenvalue weighted by Crippen LogP contribution is 2.30. The van der Waals surface area contributed by atoms with Gasteiger partial charge in [0.15, 0.2) is 9.84 Å². The quantitative estimate of drug-likeness (QED) is 0.785. The van der Waals surface area contributed by atoms with Gasteiger partial charge in [-0.15, -0.1) is 0 Å². The van der Waals surface area contributed by atoms with Gasteiger partial charge in [0.1, 0.15) is 0 Å². The summed E-state index contributed by atoms with van der Waals surface area (Å²) >= 11 is 0. The van der Waals surface area contributed by atoms with Gasteiger partial charge in [-0.2, -0.15) is 0 Å². The van der Waals surface area contributed by atoms with Crippen molar-refractivity contribution in [3.8, 4) is 0 Å². The molecule has 2 saturated carbocycles. The van der Waals surface area contributed by atoms with E-state index in [1.165, 1.54) is 32.1 Å². The van der Waals surface area contributed by atoms with Crippen LogP contribution in [0, 0.1) is 5.92 Å². The first kappa shape index (κ1) is 16.3. The Balaban J connectivity index is 1.97. The fourth-order valence-corrected chi connectivity index (χ4v) is 6.08. The van der Waals surface area contributed by atoms with Crippen molar-refractivity contribution in [2.75, 3.05) is 12.3 Å². The molecular formula is C16H31NO2S. The van der Waals surface area contributed by atoms with Crippen LogP contribution < -0.4 is 5.32 Å². The molecule has 1 unspecified atom stereocenters. The van der Waals surface area contributed by atoms with E-state index in [1.807, 2.05) is 0 Å². The van der Waals surface area contributed by atoms with Crippen LogP contribution in [0.25, 0.3) is 0 Å². The highest BCUT2D eigenvalue weighted by molar-refractivity contribution is 7.92. The summed E-state index contributed by atoms with van der Waals surface area (Å²) in [5, 5.41) is 3.48. The Hall–Kier alpha value is -0.0900. The van der Waals surface area contributed by atoms with E-state index < -0.39 is 9.84 Å². The molecule has 2 aliphatic carbocycles. The van der Waals surface area contributed by atoms with Crippen LogP contribution >= 0.6 is 0 Å². The number of hydrogen-bond donors (Lipinski definition) is 1. The van der Waals surface area contributed by atoms with Crippen molar-refractivity contribution in [3.63, 3.8) is 0 Å². The molecule has 0 bridgehead atoms. The normalized spacial score (nSPS) is 24.1. The molecule has 2 rings (SSSR count). The molecule has 0 amide bonds. The predicted molar refractivity (Wildman–Crippen MR) is 84.7 cm³/mol. The number of nitrogens with one attached hydrogen (secondary N) is 1. The van der Waals surface area contributed by atoms with Crippen LogP contribution in [0.5, 0.6) is 0 Å². The molecule has 0 radical (unpaired) electrons. The number of rotatable bonds is 7. The summed E-state index contributed by atoms with van der Waals surface area (Å²) in [6.07, 6.45) is 11.3. The van der Waals surface area contributed by atoms with Gasteiger partial charge in [-0.3, -0.25) is 0 Å². The fraction of sp³-hybridized carbons (Fsp3) is 1.00. The third-order valence-electron chi connectivity index (χ3n) is 5.10. The second-order valence-electron chi connectivity index (χ2n) is 6.69. The first-order chi connectivity index (χ1) is 9.63. The average molecular weight is 301 g/mol. The van der Waals surface area contributed by atoms with Crippen molar-refractivity contribution in [3.05, 3.63) is 0 Å². The van der Waals surface area contributed by atoms with E-state index in [1.54, 1.807) is 0 Å². The molecule has 0 heterocycles. The Morgan fingerprint density at radius 3 is 2.20 bits per heavy atom. The molecule has 1 atom stereocenters. The second kappa shape index (κ2) is 7.79. The van der Waals surface area contributed by atoms with E-state index in [2.05, 4.69) is 12.2 Å². The predicted octanol–water partition coefficient (Wildman–Crippen LogP) is 3.29. The molecule has 118 valence electrons. The standard InChI is InChI=1S/C16H31NO2S/c1-2-12-17-16(14-8-6-7-9-14)13-20(18,19)15-10-4-3-5-11-15/h14-17H,2-13H2,1H3. The van der Waals surface area contributed by atoms with Crippen LogP contribution in [-0.2, 0) is 9.84 Å². The third kappa shape index (κ3) is 4.45. The van der Waals surface area contributed by atoms with Crippen LogP contribution in [0.2, 0.25) is 0 Å². The SMILES string of the molecule is CCCNC(CS(=O)(=O)C1CCCCC1)C1CCCC1. The molecule has 2 fully saturated rings. The highest BCUT2D eigenvalue weighted by atomic mass is 32.2. The summed E-state index contributed by atoms with van der Waals surface area (Å²) in [7, 11) is -2.91. The lowest BCUT2D eigenvalue weighted by Crippen LogP contribution is -2.43. The molecule has 2 aliphatic rings. The Labute approximate surface area is 124 Å². The zero-order valence-electron chi connectivity index (χ0n) is 12.9. The average Bonchev–Trinajstić information content (AvgIpc) is 2.98. The minimum absolute atomic E-state index is 0.0522. The molecule has 0 aliphatic heterocycles. The number of hydrogen-bond acceptors (Lipinski definition) is 3. The van der Waals surface area contributed by atoms with Gasteiger partial charge in [0.25, 0.3) is 0 Å². The molecule has 0 aromatic carbocycles. The maximum atomic E-state index is 12.7. The Bertz CT molecular complexity index is 368. The van der Waals surface area contributed by atoms with Gasteiger partial charge < -0.3 is 5.32 Å². The van der Waals surface area contributed by atoms with E-state index in [4.69, 9.17) is 0 Å². The molecule has 0 aromatic heterocycles. The van der Waals surface area contributed by atoms with Gasteiger partial charge in [0.2, 0.25) is 0 Å². The summed E-state index contributed by atoms with van der Waals surface area (Å²) < 4.78 is 25.4. The van der Waals surface area contributed by atoms with Crippen LogP contribution in [0.15, 0.2) is 0 Å². The first-order valence-electron chi connectivity index (χ1n) is 8.58. The van der Waals surface area contributed by atoms with E-state index >= 15 is 0 Å². The Morgan fingerprint density at radius 1 is 1.00 bits per heavy atom. The smallest absolute Gasteiger partial charge is 0.154 e. The van der Waals surface area contributed by atoms with Crippen molar-refractivity contribution >= 4 is 9.84 Å². The molecule has 1 N–H and O–H groups in total. The van der Waals surface area contributed by atoms with Crippen molar-refractivity contribution in [1.29, 1.82) is 0 Å². The maximum absolute atomic E-state index is 12.7. The van der Waals surface area contributed by atoms with Gasteiger partial charge >= 0.3 is 0 Å². The van der Waals surface area contributed by atoms with E-state index in [-0.39, 0.29) is 11.3 Å². The van der Waals surface area contributed by atoms with E-state index in [0.29, 0.717) is 11.7 Å². The summed E-state index contributed by atoms with van der Waals surface area (Å²) in [4.78, 5) is 0. The number of sulfone groups is 1. The van der Waals surface area contributed by atoms with Crippen molar-refractivity contribution in [2.24, 2.45) is 5.92 Å². The first-order valence-corrected chi connectivity index (χ1v) is 10.3. The minimum Gasteiger partial charge on any atom is -0.313 e.